The number of esters is 4. The molecule has 0 saturated heterocycles. The molecule has 0 unspecified atom stereocenters. The summed E-state index contributed by atoms with van der Waals surface area (Å²) in [6.45, 7) is 0. The molecule has 0 amide bonds. The van der Waals surface area contributed by atoms with Gasteiger partial charge in [0.15, 0.2) is 23.0 Å². The number of rotatable bonds is 10. The normalized spacial score (nSPS) is 9.76. The third-order valence-corrected chi connectivity index (χ3v) is 8.28. The lowest BCUT2D eigenvalue weighted by Crippen LogP contribution is -2.13. The number of carbonyl (C=O) groups is 4. The van der Waals surface area contributed by atoms with Gasteiger partial charge in [-0.15, -0.1) is 0 Å². The van der Waals surface area contributed by atoms with Gasteiger partial charge >= 0.3 is 23.9 Å². The molecule has 4 rings (SSSR count). The summed E-state index contributed by atoms with van der Waals surface area (Å²) in [6, 6.07) is 11.8. The molecule has 0 bridgehead atoms. The Kier molecular flexibility index (Phi) is 14.6. The number of ether oxygens (including phenoxy) is 10. The van der Waals surface area contributed by atoms with Gasteiger partial charge in [0.1, 0.15) is 0 Å². The van der Waals surface area contributed by atoms with Gasteiger partial charge in [-0.05, 0) is 48.5 Å². The van der Waals surface area contributed by atoms with Crippen molar-refractivity contribution in [3.63, 3.8) is 0 Å². The minimum atomic E-state index is -0.847. The Bertz CT molecular complexity index is 2240. The monoisotopic (exact) mass is 790 g/mol. The summed E-state index contributed by atoms with van der Waals surface area (Å²) in [5, 5.41) is 0. The molecule has 4 aromatic carbocycles. The highest BCUT2D eigenvalue weighted by Crippen LogP contribution is 2.39. The summed E-state index contributed by atoms with van der Waals surface area (Å²) in [5.41, 5.74) is 0.999. The van der Waals surface area contributed by atoms with Crippen molar-refractivity contribution in [1.29, 1.82) is 0 Å². The summed E-state index contributed by atoms with van der Waals surface area (Å²) in [7, 11) is 13.4. The smallest absolute Gasteiger partial charge is 0.338 e. The van der Waals surface area contributed by atoms with Crippen molar-refractivity contribution in [3.05, 3.63) is 104 Å². The van der Waals surface area contributed by atoms with Crippen LogP contribution in [-0.4, -0.2) is 95.0 Å². The fraction of sp³-hybridized carbons (Fsp3) is 0.227. The average molecular weight is 791 g/mol. The third kappa shape index (κ3) is 9.36. The Morgan fingerprint density at radius 1 is 0.328 bits per heavy atom. The Labute approximate surface area is 335 Å². The summed E-state index contributed by atoms with van der Waals surface area (Å²) in [6.07, 6.45) is 0. The molecule has 58 heavy (non-hydrogen) atoms. The van der Waals surface area contributed by atoms with E-state index in [1.54, 1.807) is 24.3 Å². The molecule has 14 heteroatoms. The number of hydrogen-bond donors (Lipinski definition) is 0. The van der Waals surface area contributed by atoms with E-state index in [0.717, 1.165) is 28.4 Å². The molecule has 298 valence electrons. The fourth-order valence-corrected chi connectivity index (χ4v) is 5.45. The zero-order chi connectivity index (χ0) is 42.5. The van der Waals surface area contributed by atoms with Crippen LogP contribution in [0, 0.1) is 35.5 Å². The van der Waals surface area contributed by atoms with Crippen LogP contribution in [0.1, 0.15) is 74.8 Å². The van der Waals surface area contributed by atoms with Crippen molar-refractivity contribution in [1.82, 2.24) is 0 Å². The summed E-state index contributed by atoms with van der Waals surface area (Å²) >= 11 is 0. The van der Waals surface area contributed by atoms with E-state index < -0.39 is 23.9 Å². The second kappa shape index (κ2) is 19.7. The predicted octanol–water partition coefficient (Wildman–Crippen LogP) is 5.08. The zero-order valence-corrected chi connectivity index (χ0v) is 33.3. The minimum absolute atomic E-state index is 0.138. The van der Waals surface area contributed by atoms with Gasteiger partial charge in [-0.2, -0.15) is 0 Å². The summed E-state index contributed by atoms with van der Waals surface area (Å²) in [4.78, 5) is 51.8. The van der Waals surface area contributed by atoms with Crippen molar-refractivity contribution in [3.8, 4) is 70.0 Å². The van der Waals surface area contributed by atoms with Crippen LogP contribution in [-0.2, 0) is 18.9 Å². The van der Waals surface area contributed by atoms with E-state index in [4.69, 9.17) is 47.4 Å². The molecule has 0 atom stereocenters. The van der Waals surface area contributed by atoms with Gasteiger partial charge in [-0.25, -0.2) is 19.2 Å². The summed E-state index contributed by atoms with van der Waals surface area (Å²) in [5.74, 6) is 16.8. The predicted molar refractivity (Wildman–Crippen MR) is 208 cm³/mol. The van der Waals surface area contributed by atoms with Gasteiger partial charge < -0.3 is 47.4 Å². The Morgan fingerprint density at radius 3 is 0.741 bits per heavy atom. The van der Waals surface area contributed by atoms with Crippen LogP contribution in [0.15, 0.2) is 48.5 Å². The van der Waals surface area contributed by atoms with E-state index in [9.17, 15) is 19.2 Å². The molecule has 0 saturated carbocycles. The maximum atomic E-state index is 13.0. The third-order valence-electron chi connectivity index (χ3n) is 8.28. The standard InChI is InChI=1S/C44H38O14/c1-49-35-17-25(18-36(50-2)39(35)53-5)11-13-27-21-31(41(45)55-7)33(43(47)57-9)23-29(27)15-16-30-24-34(44(48)58-10)32(42(46)56-8)22-28(30)14-12-26-19-37(51-3)40(54-6)38(20-26)52-4/h17-24H,1-10H3. The second-order valence-corrected chi connectivity index (χ2v) is 11.4. The maximum absolute atomic E-state index is 13.0. The molecular weight excluding hydrogens is 752 g/mol. The van der Waals surface area contributed by atoms with Crippen molar-refractivity contribution < 1.29 is 66.5 Å². The van der Waals surface area contributed by atoms with E-state index in [0.29, 0.717) is 45.6 Å². The van der Waals surface area contributed by atoms with Gasteiger partial charge in [0, 0.05) is 33.4 Å². The Hall–Kier alpha value is -7.76. The molecule has 0 aliphatic carbocycles. The first-order valence-corrected chi connectivity index (χ1v) is 16.8. The van der Waals surface area contributed by atoms with Crippen LogP contribution in [0.4, 0.5) is 0 Å². The molecule has 14 nitrogen and oxygen atoms in total. The highest BCUT2D eigenvalue weighted by Gasteiger charge is 2.23. The Balaban J connectivity index is 2.07. The first kappa shape index (κ1) is 43.0. The van der Waals surface area contributed by atoms with Crippen LogP contribution in [0.5, 0.6) is 34.5 Å². The Morgan fingerprint density at radius 2 is 0.552 bits per heavy atom. The van der Waals surface area contributed by atoms with Crippen LogP contribution in [0.2, 0.25) is 0 Å². The largest absolute Gasteiger partial charge is 0.493 e. The highest BCUT2D eigenvalue weighted by molar-refractivity contribution is 6.05. The van der Waals surface area contributed by atoms with Crippen LogP contribution >= 0.6 is 0 Å². The number of methoxy groups -OCH3 is 10. The number of carbonyl (C=O) groups excluding carboxylic acids is 4. The molecule has 0 N–H and O–H groups in total. The molecule has 0 fully saturated rings. The van der Waals surface area contributed by atoms with E-state index in [-0.39, 0.29) is 44.5 Å². The minimum Gasteiger partial charge on any atom is -0.493 e. The van der Waals surface area contributed by atoms with E-state index >= 15 is 0 Å². The van der Waals surface area contributed by atoms with Crippen molar-refractivity contribution in [2.45, 2.75) is 0 Å². The molecule has 0 heterocycles. The molecule has 0 aliphatic heterocycles. The molecule has 0 spiro atoms. The number of hydrogen-bond acceptors (Lipinski definition) is 14. The van der Waals surface area contributed by atoms with Crippen LogP contribution in [0.3, 0.4) is 0 Å². The van der Waals surface area contributed by atoms with Gasteiger partial charge in [0.25, 0.3) is 0 Å². The van der Waals surface area contributed by atoms with Crippen molar-refractivity contribution >= 4 is 23.9 Å². The van der Waals surface area contributed by atoms with Gasteiger partial charge in [0.05, 0.1) is 93.4 Å². The van der Waals surface area contributed by atoms with Crippen molar-refractivity contribution in [2.24, 2.45) is 0 Å². The lowest BCUT2D eigenvalue weighted by molar-refractivity contribution is 0.0555. The molecule has 0 radical (unpaired) electrons. The molecule has 0 aromatic heterocycles. The lowest BCUT2D eigenvalue weighted by Gasteiger charge is -2.12. The van der Waals surface area contributed by atoms with E-state index in [2.05, 4.69) is 35.5 Å². The lowest BCUT2D eigenvalue weighted by atomic mass is 9.96. The second-order valence-electron chi connectivity index (χ2n) is 11.4. The van der Waals surface area contributed by atoms with Gasteiger partial charge in [-0.1, -0.05) is 35.5 Å². The van der Waals surface area contributed by atoms with Crippen LogP contribution in [0.25, 0.3) is 0 Å². The first-order valence-electron chi connectivity index (χ1n) is 16.8. The zero-order valence-electron chi connectivity index (χ0n) is 33.3. The summed E-state index contributed by atoms with van der Waals surface area (Å²) < 4.78 is 52.5. The maximum Gasteiger partial charge on any atom is 0.338 e. The van der Waals surface area contributed by atoms with E-state index in [1.165, 1.54) is 66.9 Å². The van der Waals surface area contributed by atoms with Crippen molar-refractivity contribution in [2.75, 3.05) is 71.1 Å². The first-order chi connectivity index (χ1) is 27.9. The highest BCUT2D eigenvalue weighted by atomic mass is 16.5. The van der Waals surface area contributed by atoms with Gasteiger partial charge in [-0.3, -0.25) is 0 Å². The quantitative estimate of drug-likeness (QED) is 0.119. The topological polar surface area (TPSA) is 161 Å². The molecule has 4 aromatic rings. The molecule has 0 aliphatic rings. The van der Waals surface area contributed by atoms with Crippen LogP contribution < -0.4 is 28.4 Å². The molecular formula is C44H38O14. The fourth-order valence-electron chi connectivity index (χ4n) is 5.45. The SMILES string of the molecule is COC(=O)c1cc(C#Cc2cc(OC)c(OC)c(OC)c2)c(C#Cc2cc(C(=O)OC)c(C(=O)OC)cc2C#Cc2cc(OC)c(OC)c(OC)c2)cc1C(=O)OC. The van der Waals surface area contributed by atoms with Gasteiger partial charge in [0.2, 0.25) is 11.5 Å². The van der Waals surface area contributed by atoms with E-state index in [1.807, 2.05) is 0 Å². The average Bonchev–Trinajstić information content (AvgIpc) is 3.26. The number of benzene rings is 4.